The molecule has 122 valence electrons. The van der Waals surface area contributed by atoms with Crippen molar-refractivity contribution in [3.05, 3.63) is 64.6 Å². The minimum absolute atomic E-state index is 0.223. The Morgan fingerprint density at radius 3 is 2.38 bits per heavy atom. The molecule has 0 unspecified atom stereocenters. The zero-order valence-corrected chi connectivity index (χ0v) is 14.9. The molecule has 0 saturated carbocycles. The van der Waals surface area contributed by atoms with Crippen molar-refractivity contribution in [3.63, 3.8) is 0 Å². The van der Waals surface area contributed by atoms with Gasteiger partial charge in [0, 0.05) is 15.5 Å². The van der Waals surface area contributed by atoms with E-state index in [0.717, 1.165) is 16.5 Å². The smallest absolute Gasteiger partial charge is 0.256 e. The number of anilines is 1. The van der Waals surface area contributed by atoms with Crippen LogP contribution in [0.1, 0.15) is 10.4 Å². The average molecular weight is 386 g/mol. The van der Waals surface area contributed by atoms with E-state index in [1.54, 1.807) is 19.2 Å². The second-order valence-electron chi connectivity index (χ2n) is 5.17. The van der Waals surface area contributed by atoms with Crippen LogP contribution in [0, 0.1) is 0 Å². The predicted octanol–water partition coefficient (Wildman–Crippen LogP) is 4.87. The van der Waals surface area contributed by atoms with Crippen LogP contribution in [0.4, 0.5) is 5.69 Å². The van der Waals surface area contributed by atoms with Crippen molar-refractivity contribution in [1.82, 2.24) is 0 Å². The molecular formula is C19H16BrNO3. The van der Waals surface area contributed by atoms with E-state index in [9.17, 15) is 4.79 Å². The molecule has 1 N–H and O–H groups in total. The van der Waals surface area contributed by atoms with Crippen LogP contribution in [0.3, 0.4) is 0 Å². The van der Waals surface area contributed by atoms with E-state index in [0.29, 0.717) is 21.5 Å². The lowest BCUT2D eigenvalue weighted by Crippen LogP contribution is -2.13. The molecule has 0 fully saturated rings. The molecule has 1 amide bonds. The Hall–Kier alpha value is -2.53. The molecule has 3 aromatic rings. The first-order valence-electron chi connectivity index (χ1n) is 7.34. The summed E-state index contributed by atoms with van der Waals surface area (Å²) in [4.78, 5) is 12.7. The van der Waals surface area contributed by atoms with Crippen LogP contribution in [0.5, 0.6) is 11.5 Å². The van der Waals surface area contributed by atoms with Crippen molar-refractivity contribution in [2.24, 2.45) is 0 Å². The number of hydrogen-bond donors (Lipinski definition) is 1. The number of carbonyl (C=O) groups is 1. The first kappa shape index (κ1) is 16.3. The molecule has 0 heterocycles. The third-order valence-electron chi connectivity index (χ3n) is 3.76. The van der Waals surface area contributed by atoms with Crippen LogP contribution < -0.4 is 14.8 Å². The number of rotatable bonds is 4. The van der Waals surface area contributed by atoms with Gasteiger partial charge in [0.05, 0.1) is 19.8 Å². The van der Waals surface area contributed by atoms with E-state index >= 15 is 0 Å². The van der Waals surface area contributed by atoms with Crippen molar-refractivity contribution >= 4 is 38.3 Å². The maximum absolute atomic E-state index is 12.7. The van der Waals surface area contributed by atoms with Gasteiger partial charge in [0.1, 0.15) is 0 Å². The van der Waals surface area contributed by atoms with Gasteiger partial charge in [-0.1, -0.05) is 36.4 Å². The molecule has 24 heavy (non-hydrogen) atoms. The fraction of sp³-hybridized carbons (Fsp3) is 0.105. The molecule has 0 radical (unpaired) electrons. The first-order valence-corrected chi connectivity index (χ1v) is 8.14. The zero-order chi connectivity index (χ0) is 17.1. The highest BCUT2D eigenvalue weighted by molar-refractivity contribution is 9.10. The van der Waals surface area contributed by atoms with Crippen molar-refractivity contribution in [2.45, 2.75) is 0 Å². The lowest BCUT2D eigenvalue weighted by atomic mass is 10.1. The molecule has 0 bridgehead atoms. The second-order valence-corrected chi connectivity index (χ2v) is 6.02. The highest BCUT2D eigenvalue weighted by Gasteiger charge is 2.16. The minimum Gasteiger partial charge on any atom is -0.493 e. The van der Waals surface area contributed by atoms with Gasteiger partial charge in [-0.3, -0.25) is 4.79 Å². The summed E-state index contributed by atoms with van der Waals surface area (Å²) in [5.41, 5.74) is 1.24. The van der Waals surface area contributed by atoms with Crippen LogP contribution in [0.25, 0.3) is 10.8 Å². The van der Waals surface area contributed by atoms with Crippen molar-refractivity contribution in [3.8, 4) is 11.5 Å². The quantitative estimate of drug-likeness (QED) is 0.696. The highest BCUT2D eigenvalue weighted by Crippen LogP contribution is 2.34. The molecule has 3 rings (SSSR count). The lowest BCUT2D eigenvalue weighted by molar-refractivity contribution is 0.102. The van der Waals surface area contributed by atoms with Gasteiger partial charge in [-0.15, -0.1) is 0 Å². The molecule has 0 aliphatic heterocycles. The standard InChI is InChI=1S/C19H16BrNO3/c1-23-17-10-14(15(20)11-18(17)24-2)19(22)21-16-9-5-7-12-6-3-4-8-13(12)16/h3-11H,1-2H3,(H,21,22). The summed E-state index contributed by atoms with van der Waals surface area (Å²) in [5, 5.41) is 5.03. The van der Waals surface area contributed by atoms with Gasteiger partial charge in [0.2, 0.25) is 0 Å². The van der Waals surface area contributed by atoms with Crippen molar-refractivity contribution in [1.29, 1.82) is 0 Å². The third kappa shape index (κ3) is 3.08. The number of hydrogen-bond acceptors (Lipinski definition) is 3. The Kier molecular flexibility index (Phi) is 4.71. The van der Waals surface area contributed by atoms with Gasteiger partial charge >= 0.3 is 0 Å². The van der Waals surface area contributed by atoms with Gasteiger partial charge in [-0.05, 0) is 39.5 Å². The Morgan fingerprint density at radius 2 is 1.62 bits per heavy atom. The minimum atomic E-state index is -0.223. The van der Waals surface area contributed by atoms with Gasteiger partial charge in [0.15, 0.2) is 11.5 Å². The number of halogens is 1. The number of ether oxygens (including phenoxy) is 2. The molecule has 0 spiro atoms. The molecule has 0 atom stereocenters. The van der Waals surface area contributed by atoms with Crippen molar-refractivity contribution < 1.29 is 14.3 Å². The lowest BCUT2D eigenvalue weighted by Gasteiger charge is -2.13. The third-order valence-corrected chi connectivity index (χ3v) is 4.41. The molecule has 0 saturated heterocycles. The summed E-state index contributed by atoms with van der Waals surface area (Å²) >= 11 is 3.42. The summed E-state index contributed by atoms with van der Waals surface area (Å²) in [7, 11) is 3.10. The average Bonchev–Trinajstić information content (AvgIpc) is 2.61. The number of methoxy groups -OCH3 is 2. The summed E-state index contributed by atoms with van der Waals surface area (Å²) < 4.78 is 11.2. The summed E-state index contributed by atoms with van der Waals surface area (Å²) in [6.45, 7) is 0. The van der Waals surface area contributed by atoms with E-state index < -0.39 is 0 Å². The van der Waals surface area contributed by atoms with Crippen LogP contribution in [-0.4, -0.2) is 20.1 Å². The molecule has 0 aliphatic rings. The SMILES string of the molecule is COc1cc(Br)c(C(=O)Nc2cccc3ccccc23)cc1OC. The fourth-order valence-corrected chi connectivity index (χ4v) is 3.05. The van der Waals surface area contributed by atoms with E-state index in [2.05, 4.69) is 21.2 Å². The van der Waals surface area contributed by atoms with Crippen LogP contribution in [-0.2, 0) is 0 Å². The van der Waals surface area contributed by atoms with E-state index in [4.69, 9.17) is 9.47 Å². The van der Waals surface area contributed by atoms with Crippen LogP contribution in [0.15, 0.2) is 59.1 Å². The number of amides is 1. The van der Waals surface area contributed by atoms with Gasteiger partial charge in [-0.25, -0.2) is 0 Å². The van der Waals surface area contributed by atoms with Gasteiger partial charge in [0.25, 0.3) is 5.91 Å². The van der Waals surface area contributed by atoms with Gasteiger partial charge in [-0.2, -0.15) is 0 Å². The first-order chi connectivity index (χ1) is 11.6. The maximum atomic E-state index is 12.7. The predicted molar refractivity (Wildman–Crippen MR) is 99.1 cm³/mol. The van der Waals surface area contributed by atoms with Crippen molar-refractivity contribution in [2.75, 3.05) is 19.5 Å². The number of fused-ring (bicyclic) bond motifs is 1. The van der Waals surface area contributed by atoms with Crippen LogP contribution >= 0.6 is 15.9 Å². The monoisotopic (exact) mass is 385 g/mol. The Bertz CT molecular complexity index is 903. The molecule has 3 aromatic carbocycles. The normalized spacial score (nSPS) is 10.5. The topological polar surface area (TPSA) is 47.6 Å². The molecule has 4 nitrogen and oxygen atoms in total. The molecular weight excluding hydrogens is 370 g/mol. The fourth-order valence-electron chi connectivity index (χ4n) is 2.55. The Balaban J connectivity index is 1.98. The molecule has 0 aliphatic carbocycles. The maximum Gasteiger partial charge on any atom is 0.256 e. The van der Waals surface area contributed by atoms with Crippen LogP contribution in [0.2, 0.25) is 0 Å². The van der Waals surface area contributed by atoms with E-state index in [1.165, 1.54) is 7.11 Å². The van der Waals surface area contributed by atoms with E-state index in [1.807, 2.05) is 42.5 Å². The zero-order valence-electron chi connectivity index (χ0n) is 13.3. The highest BCUT2D eigenvalue weighted by atomic mass is 79.9. The Labute approximate surface area is 148 Å². The molecule has 0 aromatic heterocycles. The summed E-state index contributed by atoms with van der Waals surface area (Å²) in [6.07, 6.45) is 0. The number of carbonyl (C=O) groups excluding carboxylic acids is 1. The number of nitrogens with one attached hydrogen (secondary N) is 1. The largest absolute Gasteiger partial charge is 0.493 e. The summed E-state index contributed by atoms with van der Waals surface area (Å²) in [5.74, 6) is 0.842. The molecule has 5 heteroatoms. The Morgan fingerprint density at radius 1 is 0.958 bits per heavy atom. The number of benzene rings is 3. The van der Waals surface area contributed by atoms with Gasteiger partial charge < -0.3 is 14.8 Å². The van der Waals surface area contributed by atoms with E-state index in [-0.39, 0.29) is 5.91 Å². The summed E-state index contributed by atoms with van der Waals surface area (Å²) in [6, 6.07) is 17.1. The second kappa shape index (κ2) is 6.93.